The Kier molecular flexibility index (Phi) is 5.91. The number of aliphatic imine (C=N–C) groups is 1. The first-order valence-electron chi connectivity index (χ1n) is 6.65. The zero-order valence-corrected chi connectivity index (χ0v) is 13.8. The van der Waals surface area contributed by atoms with Gasteiger partial charge in [-0.3, -0.25) is 4.79 Å². The maximum Gasteiger partial charge on any atom is 0.332 e. The summed E-state index contributed by atoms with van der Waals surface area (Å²) in [6.45, 7) is -2.80. The van der Waals surface area contributed by atoms with Gasteiger partial charge in [-0.2, -0.15) is 8.78 Å². The Morgan fingerprint density at radius 3 is 2.83 bits per heavy atom. The van der Waals surface area contributed by atoms with Crippen molar-refractivity contribution in [3.8, 4) is 11.4 Å². The fraction of sp³-hybridized carbons (Fsp3) is 0.133. The number of carbonyl (C=O) groups excluding carboxylic acids is 1. The molecule has 0 bridgehead atoms. The van der Waals surface area contributed by atoms with Crippen LogP contribution in [0.2, 0.25) is 0 Å². The van der Waals surface area contributed by atoms with Crippen LogP contribution in [-0.2, 0) is 6.54 Å². The number of carbonyl (C=O) groups is 1. The van der Waals surface area contributed by atoms with E-state index in [9.17, 15) is 18.0 Å². The van der Waals surface area contributed by atoms with Crippen LogP contribution in [0.4, 0.5) is 13.2 Å². The van der Waals surface area contributed by atoms with E-state index in [0.717, 1.165) is 12.3 Å². The summed E-state index contributed by atoms with van der Waals surface area (Å²) in [6, 6.07) is 3.72. The maximum atomic E-state index is 13.3. The van der Waals surface area contributed by atoms with Crippen LogP contribution >= 0.6 is 15.9 Å². The number of allylic oxidation sites excluding steroid dienone is 1. The minimum Gasteiger partial charge on any atom is -0.404 e. The Hall–Kier alpha value is -2.42. The highest BCUT2D eigenvalue weighted by atomic mass is 79.9. The second kappa shape index (κ2) is 7.91. The van der Waals surface area contributed by atoms with Gasteiger partial charge in [0.25, 0.3) is 0 Å². The average Bonchev–Trinajstić information content (AvgIpc) is 2.99. The van der Waals surface area contributed by atoms with Crippen molar-refractivity contribution in [3.63, 3.8) is 0 Å². The van der Waals surface area contributed by atoms with Gasteiger partial charge in [0.15, 0.2) is 6.29 Å². The van der Waals surface area contributed by atoms with E-state index in [1.807, 2.05) is 0 Å². The van der Waals surface area contributed by atoms with Crippen LogP contribution in [0.3, 0.4) is 0 Å². The molecule has 1 aromatic heterocycles. The first kappa shape index (κ1) is 17.9. The minimum absolute atomic E-state index is 0.0817. The summed E-state index contributed by atoms with van der Waals surface area (Å²) < 4.78 is 39.5. The number of nitrogens with two attached hydrogens (primary N) is 1. The lowest BCUT2D eigenvalue weighted by molar-refractivity contribution is 0.112. The van der Waals surface area contributed by atoms with Gasteiger partial charge in [-0.15, -0.1) is 0 Å². The molecule has 2 rings (SSSR count). The van der Waals surface area contributed by atoms with Crippen LogP contribution in [0.25, 0.3) is 11.4 Å². The van der Waals surface area contributed by atoms with Gasteiger partial charge in [0.2, 0.25) is 0 Å². The van der Waals surface area contributed by atoms with Crippen molar-refractivity contribution in [1.82, 2.24) is 9.55 Å². The third kappa shape index (κ3) is 4.10. The number of rotatable bonds is 6. The Labute approximate surface area is 143 Å². The van der Waals surface area contributed by atoms with E-state index < -0.39 is 12.4 Å². The Bertz CT molecular complexity index is 802. The number of hydrogen-bond donors (Lipinski definition) is 1. The second-order valence-corrected chi connectivity index (χ2v) is 5.37. The topological polar surface area (TPSA) is 73.3 Å². The van der Waals surface area contributed by atoms with Crippen molar-refractivity contribution in [2.24, 2.45) is 10.7 Å². The summed E-state index contributed by atoms with van der Waals surface area (Å²) in [5, 5.41) is 0. The molecule has 0 spiro atoms. The lowest BCUT2D eigenvalue weighted by atomic mass is 10.1. The summed E-state index contributed by atoms with van der Waals surface area (Å²) >= 11 is 2.95. The SMILES string of the molecule is NC=C(Cn1ccnc1-c1ccc(F)cc1C=O)C(Br)=NC(F)F. The van der Waals surface area contributed by atoms with Crippen LogP contribution in [0, 0.1) is 5.82 Å². The molecule has 0 aliphatic carbocycles. The monoisotopic (exact) mass is 400 g/mol. The minimum atomic E-state index is -2.88. The van der Waals surface area contributed by atoms with Crippen molar-refractivity contribution in [2.75, 3.05) is 0 Å². The first-order chi connectivity index (χ1) is 11.5. The van der Waals surface area contributed by atoms with E-state index in [1.54, 1.807) is 10.8 Å². The van der Waals surface area contributed by atoms with E-state index in [1.165, 1.54) is 18.3 Å². The van der Waals surface area contributed by atoms with E-state index in [4.69, 9.17) is 5.73 Å². The van der Waals surface area contributed by atoms with E-state index in [2.05, 4.69) is 25.9 Å². The number of alkyl halides is 2. The molecule has 9 heteroatoms. The van der Waals surface area contributed by atoms with E-state index in [-0.39, 0.29) is 16.7 Å². The van der Waals surface area contributed by atoms with Gasteiger partial charge in [0, 0.05) is 35.3 Å². The van der Waals surface area contributed by atoms with Gasteiger partial charge < -0.3 is 10.3 Å². The zero-order chi connectivity index (χ0) is 17.7. The van der Waals surface area contributed by atoms with Crippen molar-refractivity contribution in [3.05, 3.63) is 53.7 Å². The second-order valence-electron chi connectivity index (χ2n) is 4.62. The molecule has 0 saturated heterocycles. The summed E-state index contributed by atoms with van der Waals surface area (Å²) in [4.78, 5) is 18.4. The van der Waals surface area contributed by atoms with Crippen molar-refractivity contribution in [1.29, 1.82) is 0 Å². The van der Waals surface area contributed by atoms with Crippen LogP contribution in [0.15, 0.2) is 47.4 Å². The number of aldehydes is 1. The standard InChI is InChI=1S/C15H12BrF3N4O/c16-13(22-15(18)19)10(6-20)7-23-4-3-21-14(23)12-2-1-11(17)5-9(12)8-24/h1-6,8,15H,7,20H2. The van der Waals surface area contributed by atoms with Gasteiger partial charge in [-0.25, -0.2) is 14.4 Å². The molecule has 1 aromatic carbocycles. The van der Waals surface area contributed by atoms with Crippen LogP contribution < -0.4 is 5.73 Å². The molecule has 2 N–H and O–H groups in total. The number of aromatic nitrogens is 2. The average molecular weight is 401 g/mol. The molecule has 5 nitrogen and oxygen atoms in total. The molecule has 0 atom stereocenters. The number of nitrogens with zero attached hydrogens (tertiary/aromatic N) is 3. The smallest absolute Gasteiger partial charge is 0.332 e. The van der Waals surface area contributed by atoms with E-state index >= 15 is 0 Å². The molecule has 126 valence electrons. The Morgan fingerprint density at radius 1 is 1.46 bits per heavy atom. The molecule has 0 unspecified atom stereocenters. The molecule has 24 heavy (non-hydrogen) atoms. The highest BCUT2D eigenvalue weighted by Gasteiger charge is 2.14. The van der Waals surface area contributed by atoms with Gasteiger partial charge >= 0.3 is 6.55 Å². The molecule has 1 heterocycles. The predicted octanol–water partition coefficient (Wildman–Crippen LogP) is 3.36. The fourth-order valence-corrected chi connectivity index (χ4v) is 2.47. The Morgan fingerprint density at radius 2 is 2.21 bits per heavy atom. The third-order valence-electron chi connectivity index (χ3n) is 3.11. The first-order valence-corrected chi connectivity index (χ1v) is 7.44. The predicted molar refractivity (Wildman–Crippen MR) is 87.6 cm³/mol. The highest BCUT2D eigenvalue weighted by Crippen LogP contribution is 2.23. The molecule has 0 aliphatic rings. The van der Waals surface area contributed by atoms with Crippen molar-refractivity contribution >= 4 is 26.8 Å². The maximum absolute atomic E-state index is 13.3. The molecular formula is C15H12BrF3N4O. The summed E-state index contributed by atoms with van der Waals surface area (Å²) in [6.07, 6.45) is 4.72. The largest absolute Gasteiger partial charge is 0.404 e. The molecule has 2 aromatic rings. The van der Waals surface area contributed by atoms with Gasteiger partial charge in [0.05, 0.1) is 6.54 Å². The number of halogens is 4. The van der Waals surface area contributed by atoms with E-state index in [0.29, 0.717) is 23.2 Å². The fourth-order valence-electron chi connectivity index (χ4n) is 2.05. The third-order valence-corrected chi connectivity index (χ3v) is 3.83. The molecule has 0 amide bonds. The quantitative estimate of drug-likeness (QED) is 0.459. The number of imidazole rings is 1. The highest BCUT2D eigenvalue weighted by molar-refractivity contribution is 9.18. The van der Waals surface area contributed by atoms with Gasteiger partial charge in [-0.1, -0.05) is 0 Å². The molecular weight excluding hydrogens is 389 g/mol. The molecule has 0 aliphatic heterocycles. The van der Waals surface area contributed by atoms with Gasteiger partial charge in [-0.05, 0) is 34.1 Å². The van der Waals surface area contributed by atoms with Crippen molar-refractivity contribution in [2.45, 2.75) is 13.1 Å². The molecule has 0 fully saturated rings. The lowest BCUT2D eigenvalue weighted by Gasteiger charge is -2.11. The summed E-state index contributed by atoms with van der Waals surface area (Å²) in [7, 11) is 0. The van der Waals surface area contributed by atoms with Crippen LogP contribution in [0.5, 0.6) is 0 Å². The van der Waals surface area contributed by atoms with Crippen LogP contribution in [0.1, 0.15) is 10.4 Å². The zero-order valence-electron chi connectivity index (χ0n) is 12.2. The molecule has 0 radical (unpaired) electrons. The number of benzene rings is 1. The van der Waals surface area contributed by atoms with Crippen LogP contribution in [-0.4, -0.2) is 27.0 Å². The molecule has 0 saturated carbocycles. The lowest BCUT2D eigenvalue weighted by Crippen LogP contribution is -2.10. The Balaban J connectivity index is 2.40. The summed E-state index contributed by atoms with van der Waals surface area (Å²) in [5.41, 5.74) is 6.31. The normalized spacial score (nSPS) is 12.7. The number of hydrogen-bond acceptors (Lipinski definition) is 4. The van der Waals surface area contributed by atoms with Crippen molar-refractivity contribution < 1.29 is 18.0 Å². The van der Waals surface area contributed by atoms with Gasteiger partial charge in [0.1, 0.15) is 16.3 Å². The summed E-state index contributed by atoms with van der Waals surface area (Å²) in [5.74, 6) is -0.179.